The Hall–Kier alpha value is -3.36. The molecule has 0 spiro atoms. The van der Waals surface area contributed by atoms with E-state index >= 15 is 0 Å². The van der Waals surface area contributed by atoms with Gasteiger partial charge in [0.05, 0.1) is 17.4 Å². The van der Waals surface area contributed by atoms with Crippen molar-refractivity contribution in [1.29, 1.82) is 5.26 Å². The minimum Gasteiger partial charge on any atom is -0.471 e. The topological polar surface area (TPSA) is 99.0 Å². The first-order valence-corrected chi connectivity index (χ1v) is 7.96. The lowest BCUT2D eigenvalue weighted by molar-refractivity contribution is 0.169. The van der Waals surface area contributed by atoms with E-state index in [9.17, 15) is 5.26 Å². The van der Waals surface area contributed by atoms with Crippen molar-refractivity contribution in [2.75, 3.05) is 38.3 Å². The number of terminal acetylenes is 1. The molecule has 0 fully saturated rings. The molecule has 0 aliphatic heterocycles. The molecular weight excluding hydrogens is 330 g/mol. The average Bonchev–Trinajstić information content (AvgIpc) is 2.61. The Morgan fingerprint density at radius 1 is 1.31 bits per heavy atom. The highest BCUT2D eigenvalue weighted by Crippen LogP contribution is 2.22. The normalized spacial score (nSPS) is 11.3. The lowest BCUT2D eigenvalue weighted by Gasteiger charge is -2.18. The first kappa shape index (κ1) is 19.0. The van der Waals surface area contributed by atoms with Crippen molar-refractivity contribution >= 4 is 17.3 Å². The Labute approximate surface area is 153 Å². The van der Waals surface area contributed by atoms with Crippen molar-refractivity contribution in [2.45, 2.75) is 13.0 Å². The van der Waals surface area contributed by atoms with Crippen molar-refractivity contribution in [2.24, 2.45) is 0 Å². The zero-order chi connectivity index (χ0) is 19.1. The van der Waals surface area contributed by atoms with E-state index in [1.165, 1.54) is 6.20 Å². The summed E-state index contributed by atoms with van der Waals surface area (Å²) in [6, 6.07) is 3.76. The second-order valence-electron chi connectivity index (χ2n) is 5.85. The Morgan fingerprint density at radius 3 is 2.69 bits per heavy atom. The fourth-order valence-corrected chi connectivity index (χ4v) is 2.31. The largest absolute Gasteiger partial charge is 0.471 e. The van der Waals surface area contributed by atoms with Crippen molar-refractivity contribution < 1.29 is 4.74 Å². The zero-order valence-corrected chi connectivity index (χ0v) is 15.2. The molecule has 0 aliphatic carbocycles. The maximum Gasteiger partial charge on any atom is 0.253 e. The van der Waals surface area contributed by atoms with Gasteiger partial charge in [-0.15, -0.1) is 6.42 Å². The summed E-state index contributed by atoms with van der Waals surface area (Å²) in [6.45, 7) is 2.59. The molecular formula is C18H21N7O. The minimum absolute atomic E-state index is 0.132. The summed E-state index contributed by atoms with van der Waals surface area (Å²) in [7, 11) is 5.67. The van der Waals surface area contributed by atoms with Crippen LogP contribution in [0.1, 0.15) is 18.2 Å². The molecule has 0 unspecified atom stereocenters. The first-order valence-electron chi connectivity index (χ1n) is 7.96. The van der Waals surface area contributed by atoms with Crippen LogP contribution in [-0.2, 0) is 0 Å². The van der Waals surface area contributed by atoms with Crippen LogP contribution in [0.5, 0.6) is 5.88 Å². The summed E-state index contributed by atoms with van der Waals surface area (Å²) < 4.78 is 5.77. The number of anilines is 3. The molecule has 0 bridgehead atoms. The van der Waals surface area contributed by atoms with E-state index in [0.29, 0.717) is 23.7 Å². The molecule has 0 amide bonds. The number of nitrogens with zero attached hydrogens (tertiary/aromatic N) is 5. The van der Waals surface area contributed by atoms with Crippen LogP contribution in [0, 0.1) is 23.7 Å². The van der Waals surface area contributed by atoms with Crippen LogP contribution in [0.15, 0.2) is 18.5 Å². The molecule has 1 atom stereocenters. The molecule has 0 aromatic carbocycles. The number of likely N-dealkylation sites (N-methyl/N-ethyl adjacent to an activating group) is 1. The van der Waals surface area contributed by atoms with Crippen LogP contribution in [0.25, 0.3) is 0 Å². The number of ether oxygens (including phenoxy) is 1. The molecule has 2 N–H and O–H groups in total. The summed E-state index contributed by atoms with van der Waals surface area (Å²) in [5, 5.41) is 15.3. The number of aromatic nitrogens is 3. The van der Waals surface area contributed by atoms with Gasteiger partial charge in [0.25, 0.3) is 5.88 Å². The van der Waals surface area contributed by atoms with E-state index in [4.69, 9.17) is 11.2 Å². The summed E-state index contributed by atoms with van der Waals surface area (Å²) in [4.78, 5) is 14.7. The SMILES string of the molecule is C#Cc1cnc(Nc2cnc(C#N)c(O[C@H](C)CN(C)C)n2)cc1NC. The molecule has 0 aliphatic rings. The average molecular weight is 351 g/mol. The monoisotopic (exact) mass is 351 g/mol. The van der Waals surface area contributed by atoms with Crippen molar-refractivity contribution in [1.82, 2.24) is 19.9 Å². The van der Waals surface area contributed by atoms with Crippen LogP contribution in [-0.4, -0.2) is 53.6 Å². The molecule has 2 rings (SSSR count). The third-order valence-electron chi connectivity index (χ3n) is 3.37. The third-order valence-corrected chi connectivity index (χ3v) is 3.37. The van der Waals surface area contributed by atoms with Gasteiger partial charge >= 0.3 is 0 Å². The molecule has 8 heteroatoms. The van der Waals surface area contributed by atoms with Crippen LogP contribution >= 0.6 is 0 Å². The minimum atomic E-state index is -0.148. The fourth-order valence-electron chi connectivity index (χ4n) is 2.31. The van der Waals surface area contributed by atoms with E-state index in [0.717, 1.165) is 5.69 Å². The van der Waals surface area contributed by atoms with E-state index in [1.54, 1.807) is 19.3 Å². The van der Waals surface area contributed by atoms with Crippen LogP contribution in [0.2, 0.25) is 0 Å². The molecule has 2 aromatic heterocycles. The van der Waals surface area contributed by atoms with Gasteiger partial charge in [0, 0.05) is 25.9 Å². The van der Waals surface area contributed by atoms with Crippen molar-refractivity contribution in [3.05, 3.63) is 29.7 Å². The second kappa shape index (κ2) is 8.65. The van der Waals surface area contributed by atoms with Gasteiger partial charge in [0.2, 0.25) is 5.69 Å². The predicted octanol–water partition coefficient (Wildman–Crippen LogP) is 1.84. The van der Waals surface area contributed by atoms with Gasteiger partial charge in [0.15, 0.2) is 5.82 Å². The number of rotatable bonds is 7. The Balaban J connectivity index is 2.24. The quantitative estimate of drug-likeness (QED) is 0.729. The van der Waals surface area contributed by atoms with Crippen LogP contribution in [0.3, 0.4) is 0 Å². The van der Waals surface area contributed by atoms with Gasteiger partial charge in [-0.3, -0.25) is 0 Å². The molecule has 2 aromatic rings. The smallest absolute Gasteiger partial charge is 0.253 e. The number of nitrogens with one attached hydrogen (secondary N) is 2. The predicted molar refractivity (Wildman–Crippen MR) is 100 cm³/mol. The van der Waals surface area contributed by atoms with Gasteiger partial charge in [-0.25, -0.2) is 9.97 Å². The van der Waals surface area contributed by atoms with E-state index in [-0.39, 0.29) is 17.7 Å². The summed E-state index contributed by atoms with van der Waals surface area (Å²) in [5.74, 6) is 3.70. The highest BCUT2D eigenvalue weighted by atomic mass is 16.5. The van der Waals surface area contributed by atoms with Gasteiger partial charge in [0.1, 0.15) is 18.0 Å². The molecule has 8 nitrogen and oxygen atoms in total. The van der Waals surface area contributed by atoms with Gasteiger partial charge in [-0.05, 0) is 21.0 Å². The number of pyridine rings is 1. The molecule has 2 heterocycles. The highest BCUT2D eigenvalue weighted by molar-refractivity contribution is 5.65. The third kappa shape index (κ3) is 4.82. The highest BCUT2D eigenvalue weighted by Gasteiger charge is 2.14. The fraction of sp³-hybridized carbons (Fsp3) is 0.333. The summed E-state index contributed by atoms with van der Waals surface area (Å²) in [5.41, 5.74) is 1.56. The van der Waals surface area contributed by atoms with Crippen LogP contribution in [0.4, 0.5) is 17.3 Å². The van der Waals surface area contributed by atoms with Gasteiger partial charge < -0.3 is 20.3 Å². The summed E-state index contributed by atoms with van der Waals surface area (Å²) in [6.07, 6.45) is 8.33. The van der Waals surface area contributed by atoms with Gasteiger partial charge in [-0.2, -0.15) is 10.2 Å². The Morgan fingerprint density at radius 2 is 2.08 bits per heavy atom. The Bertz CT molecular complexity index is 852. The van der Waals surface area contributed by atoms with E-state index < -0.39 is 0 Å². The van der Waals surface area contributed by atoms with Gasteiger partial charge in [-0.1, -0.05) is 5.92 Å². The molecule has 0 saturated carbocycles. The standard InChI is InChI=1S/C18H21N7O/c1-6-13-9-22-16(7-14(13)20-3)23-17-10-21-15(8-19)18(24-17)26-12(2)11-25(4)5/h1,7,9-10,12H,11H2,2-5H3,(H2,20,22,23,24)/t12-/m1/s1. The molecule has 0 radical (unpaired) electrons. The molecule has 134 valence electrons. The van der Waals surface area contributed by atoms with Crippen molar-refractivity contribution in [3.63, 3.8) is 0 Å². The number of hydrogen-bond acceptors (Lipinski definition) is 8. The number of hydrogen-bond donors (Lipinski definition) is 2. The number of nitriles is 1. The molecule has 26 heavy (non-hydrogen) atoms. The second-order valence-corrected chi connectivity index (χ2v) is 5.85. The van der Waals surface area contributed by atoms with E-state index in [2.05, 4.69) is 31.5 Å². The van der Waals surface area contributed by atoms with E-state index in [1.807, 2.05) is 32.0 Å². The summed E-state index contributed by atoms with van der Waals surface area (Å²) >= 11 is 0. The van der Waals surface area contributed by atoms with Crippen LogP contribution < -0.4 is 15.4 Å². The molecule has 0 saturated heterocycles. The van der Waals surface area contributed by atoms with Crippen molar-refractivity contribution in [3.8, 4) is 24.3 Å². The first-order chi connectivity index (χ1) is 12.5. The lowest BCUT2D eigenvalue weighted by Crippen LogP contribution is -2.28. The lowest BCUT2D eigenvalue weighted by atomic mass is 10.2. The Kier molecular flexibility index (Phi) is 6.31. The maximum atomic E-state index is 9.22. The maximum absolute atomic E-state index is 9.22. The zero-order valence-electron chi connectivity index (χ0n) is 15.2.